The number of benzene rings is 2. The van der Waals surface area contributed by atoms with Crippen LogP contribution in [0.3, 0.4) is 0 Å². The van der Waals surface area contributed by atoms with Crippen LogP contribution in [0.15, 0.2) is 59.1 Å². The summed E-state index contributed by atoms with van der Waals surface area (Å²) in [5.41, 5.74) is 5.84. The Kier molecular flexibility index (Phi) is 5.56. The number of carbonyl (C=O) groups excluding carboxylic acids is 1. The van der Waals surface area contributed by atoms with Gasteiger partial charge < -0.3 is 14.7 Å². The molecule has 3 heterocycles. The summed E-state index contributed by atoms with van der Waals surface area (Å²) in [5, 5.41) is 8.09. The SMILES string of the molecule is Cc1cc(C)nc(Nc2cccc(C(=O)N3CCc4noc(-c5ccc(Cl)cc5)c4C3)c2)n1. The fourth-order valence-electron chi connectivity index (χ4n) is 4.04. The van der Waals surface area contributed by atoms with Gasteiger partial charge in [0.15, 0.2) is 5.76 Å². The van der Waals surface area contributed by atoms with Crippen LogP contribution in [0.5, 0.6) is 0 Å². The lowest BCUT2D eigenvalue weighted by atomic mass is 10.0. The zero-order valence-corrected chi connectivity index (χ0v) is 19.1. The molecule has 2 aromatic heterocycles. The predicted octanol–water partition coefficient (Wildman–Crippen LogP) is 5.34. The first-order chi connectivity index (χ1) is 16.0. The molecule has 0 atom stereocenters. The van der Waals surface area contributed by atoms with Crippen LogP contribution in [0.2, 0.25) is 5.02 Å². The maximum absolute atomic E-state index is 13.3. The quantitative estimate of drug-likeness (QED) is 0.443. The van der Waals surface area contributed by atoms with Crippen LogP contribution in [0, 0.1) is 13.8 Å². The molecule has 166 valence electrons. The number of fused-ring (bicyclic) bond motifs is 1. The smallest absolute Gasteiger partial charge is 0.254 e. The molecule has 4 aromatic rings. The third-order valence-electron chi connectivity index (χ3n) is 5.58. The monoisotopic (exact) mass is 459 g/mol. The van der Waals surface area contributed by atoms with Gasteiger partial charge >= 0.3 is 0 Å². The number of aromatic nitrogens is 3. The first-order valence-corrected chi connectivity index (χ1v) is 11.1. The first-order valence-electron chi connectivity index (χ1n) is 10.7. The molecule has 0 unspecified atom stereocenters. The van der Waals surface area contributed by atoms with E-state index >= 15 is 0 Å². The summed E-state index contributed by atoms with van der Waals surface area (Å²) >= 11 is 6.02. The topological polar surface area (TPSA) is 84.2 Å². The Bertz CT molecular complexity index is 1310. The van der Waals surface area contributed by atoms with Crippen molar-refractivity contribution >= 4 is 29.1 Å². The van der Waals surface area contributed by atoms with Crippen molar-refractivity contribution in [2.75, 3.05) is 11.9 Å². The largest absolute Gasteiger partial charge is 0.356 e. The minimum absolute atomic E-state index is 0.0473. The maximum Gasteiger partial charge on any atom is 0.254 e. The molecule has 1 amide bonds. The van der Waals surface area contributed by atoms with Crippen molar-refractivity contribution in [2.24, 2.45) is 0 Å². The number of carbonyl (C=O) groups is 1. The van der Waals surface area contributed by atoms with E-state index in [-0.39, 0.29) is 5.91 Å². The van der Waals surface area contributed by atoms with Crippen LogP contribution in [0.25, 0.3) is 11.3 Å². The van der Waals surface area contributed by atoms with E-state index in [9.17, 15) is 4.79 Å². The number of aryl methyl sites for hydroxylation is 2. The predicted molar refractivity (Wildman–Crippen MR) is 127 cm³/mol. The standard InChI is InChI=1S/C25H22ClN5O2/c1-15-12-16(2)28-25(27-15)29-20-5-3-4-18(13-20)24(32)31-11-10-22-21(14-31)23(33-30-22)17-6-8-19(26)9-7-17/h3-9,12-13H,10-11,14H2,1-2H3,(H,27,28,29). The van der Waals surface area contributed by atoms with Gasteiger partial charge in [-0.15, -0.1) is 0 Å². The molecule has 7 nitrogen and oxygen atoms in total. The molecule has 0 aliphatic carbocycles. The lowest BCUT2D eigenvalue weighted by Gasteiger charge is -2.26. The van der Waals surface area contributed by atoms with Gasteiger partial charge in [0.25, 0.3) is 5.91 Å². The number of nitrogens with one attached hydrogen (secondary N) is 1. The van der Waals surface area contributed by atoms with Gasteiger partial charge in [0.2, 0.25) is 5.95 Å². The minimum Gasteiger partial charge on any atom is -0.356 e. The number of hydrogen-bond acceptors (Lipinski definition) is 6. The molecular formula is C25H22ClN5O2. The second kappa shape index (κ2) is 8.67. The number of halogens is 1. The zero-order valence-electron chi connectivity index (χ0n) is 18.3. The molecule has 0 spiro atoms. The maximum atomic E-state index is 13.3. The van der Waals surface area contributed by atoms with E-state index < -0.39 is 0 Å². The molecule has 1 aliphatic heterocycles. The van der Waals surface area contributed by atoms with Crippen molar-refractivity contribution in [1.29, 1.82) is 0 Å². The fraction of sp³-hybridized carbons (Fsp3) is 0.200. The average Bonchev–Trinajstić information content (AvgIpc) is 3.22. The van der Waals surface area contributed by atoms with Crippen LogP contribution >= 0.6 is 11.6 Å². The van der Waals surface area contributed by atoms with Crippen molar-refractivity contribution in [1.82, 2.24) is 20.0 Å². The summed E-state index contributed by atoms with van der Waals surface area (Å²) in [5.74, 6) is 1.15. The lowest BCUT2D eigenvalue weighted by molar-refractivity contribution is 0.0734. The van der Waals surface area contributed by atoms with Gasteiger partial charge in [-0.25, -0.2) is 9.97 Å². The molecule has 2 aromatic carbocycles. The van der Waals surface area contributed by atoms with Crippen molar-refractivity contribution in [3.63, 3.8) is 0 Å². The molecule has 0 bridgehead atoms. The Labute approximate surface area is 196 Å². The Hall–Kier alpha value is -3.71. The molecule has 8 heteroatoms. The normalized spacial score (nSPS) is 13.0. The fourth-order valence-corrected chi connectivity index (χ4v) is 4.16. The van der Waals surface area contributed by atoms with Gasteiger partial charge in [0, 0.05) is 51.8 Å². The number of nitrogens with zero attached hydrogens (tertiary/aromatic N) is 4. The highest BCUT2D eigenvalue weighted by Crippen LogP contribution is 2.32. The van der Waals surface area contributed by atoms with Crippen LogP contribution in [-0.4, -0.2) is 32.5 Å². The highest BCUT2D eigenvalue weighted by Gasteiger charge is 2.28. The summed E-state index contributed by atoms with van der Waals surface area (Å²) in [6.07, 6.45) is 0.645. The highest BCUT2D eigenvalue weighted by molar-refractivity contribution is 6.30. The Morgan fingerprint density at radius 1 is 1.06 bits per heavy atom. The zero-order chi connectivity index (χ0) is 22.9. The Morgan fingerprint density at radius 2 is 1.82 bits per heavy atom. The Balaban J connectivity index is 1.36. The molecule has 1 aliphatic rings. The third-order valence-corrected chi connectivity index (χ3v) is 5.83. The van der Waals surface area contributed by atoms with E-state index in [1.54, 1.807) is 0 Å². The van der Waals surface area contributed by atoms with E-state index in [1.165, 1.54) is 0 Å². The van der Waals surface area contributed by atoms with Gasteiger partial charge in [0.05, 0.1) is 12.2 Å². The first kappa shape index (κ1) is 21.2. The number of hydrogen-bond donors (Lipinski definition) is 1. The van der Waals surface area contributed by atoms with E-state index in [2.05, 4.69) is 20.4 Å². The third kappa shape index (κ3) is 4.45. The van der Waals surface area contributed by atoms with E-state index in [0.717, 1.165) is 33.9 Å². The molecule has 0 saturated heterocycles. The summed E-state index contributed by atoms with van der Waals surface area (Å²) in [6, 6.07) is 16.7. The summed E-state index contributed by atoms with van der Waals surface area (Å²) in [6.45, 7) is 4.87. The van der Waals surface area contributed by atoms with Gasteiger partial charge in [-0.2, -0.15) is 0 Å². The number of rotatable bonds is 4. The van der Waals surface area contributed by atoms with E-state index in [0.29, 0.717) is 41.8 Å². The average molecular weight is 460 g/mol. The van der Waals surface area contributed by atoms with Crippen molar-refractivity contribution in [2.45, 2.75) is 26.8 Å². The summed E-state index contributed by atoms with van der Waals surface area (Å²) in [7, 11) is 0. The second-order valence-corrected chi connectivity index (χ2v) is 8.54. The van der Waals surface area contributed by atoms with Gasteiger partial charge in [-0.05, 0) is 62.4 Å². The van der Waals surface area contributed by atoms with Crippen LogP contribution in [0.1, 0.15) is 33.0 Å². The van der Waals surface area contributed by atoms with Gasteiger partial charge in [-0.3, -0.25) is 4.79 Å². The minimum atomic E-state index is -0.0473. The number of amides is 1. The molecule has 0 fully saturated rings. The molecular weight excluding hydrogens is 438 g/mol. The van der Waals surface area contributed by atoms with E-state index in [4.69, 9.17) is 16.1 Å². The molecule has 0 radical (unpaired) electrons. The van der Waals surface area contributed by atoms with Gasteiger partial charge in [-0.1, -0.05) is 22.8 Å². The molecule has 0 saturated carbocycles. The molecule has 33 heavy (non-hydrogen) atoms. The second-order valence-electron chi connectivity index (χ2n) is 8.10. The molecule has 1 N–H and O–H groups in total. The van der Waals surface area contributed by atoms with Crippen molar-refractivity contribution < 1.29 is 9.32 Å². The molecule has 5 rings (SSSR count). The number of anilines is 2. The van der Waals surface area contributed by atoms with Crippen LogP contribution in [-0.2, 0) is 13.0 Å². The van der Waals surface area contributed by atoms with E-state index in [1.807, 2.05) is 73.3 Å². The summed E-state index contributed by atoms with van der Waals surface area (Å²) < 4.78 is 5.63. The van der Waals surface area contributed by atoms with Crippen LogP contribution < -0.4 is 5.32 Å². The summed E-state index contributed by atoms with van der Waals surface area (Å²) in [4.78, 5) is 24.0. The van der Waals surface area contributed by atoms with Crippen LogP contribution in [0.4, 0.5) is 11.6 Å². The lowest BCUT2D eigenvalue weighted by Crippen LogP contribution is -2.35. The Morgan fingerprint density at radius 3 is 2.58 bits per heavy atom. The van der Waals surface area contributed by atoms with Crippen molar-refractivity contribution in [3.8, 4) is 11.3 Å². The van der Waals surface area contributed by atoms with Crippen molar-refractivity contribution in [3.05, 3.63) is 87.8 Å². The highest BCUT2D eigenvalue weighted by atomic mass is 35.5. The van der Waals surface area contributed by atoms with Gasteiger partial charge in [0.1, 0.15) is 0 Å².